The Bertz CT molecular complexity index is 648. The molecule has 0 fully saturated rings. The molecule has 2 rings (SSSR count). The number of nitrogens with zero attached hydrogens (tertiary/aromatic N) is 1. The van der Waals surface area contributed by atoms with Crippen LogP contribution in [0.5, 0.6) is 0 Å². The van der Waals surface area contributed by atoms with Gasteiger partial charge in [0.1, 0.15) is 0 Å². The van der Waals surface area contributed by atoms with E-state index < -0.39 is 11.7 Å². The molecule has 0 spiro atoms. The van der Waals surface area contributed by atoms with Crippen LogP contribution in [0.1, 0.15) is 16.7 Å². The summed E-state index contributed by atoms with van der Waals surface area (Å²) in [6.45, 7) is 1.90. The number of hydrogen-bond acceptors (Lipinski definition) is 1. The third-order valence-electron chi connectivity index (χ3n) is 2.80. The lowest BCUT2D eigenvalue weighted by Gasteiger charge is -2.08. The molecule has 0 aliphatic heterocycles. The number of halogens is 4. The highest BCUT2D eigenvalue weighted by molar-refractivity contribution is 6.33. The molecule has 0 aromatic heterocycles. The quantitative estimate of drug-likeness (QED) is 0.657. The Kier molecular flexibility index (Phi) is 4.14. The average molecular weight is 298 g/mol. The van der Waals surface area contributed by atoms with Gasteiger partial charge in [-0.2, -0.15) is 13.2 Å². The topological polar surface area (TPSA) is 12.4 Å². The Morgan fingerprint density at radius 3 is 2.45 bits per heavy atom. The van der Waals surface area contributed by atoms with Gasteiger partial charge in [0.2, 0.25) is 0 Å². The number of hydrogen-bond donors (Lipinski definition) is 0. The SMILES string of the molecule is Cc1ccccc1C=Nc1cc(C(F)(F)F)ccc1Cl. The van der Waals surface area contributed by atoms with Crippen LogP contribution in [0.3, 0.4) is 0 Å². The molecule has 0 N–H and O–H groups in total. The lowest BCUT2D eigenvalue weighted by molar-refractivity contribution is -0.137. The first kappa shape index (κ1) is 14.6. The highest BCUT2D eigenvalue weighted by Crippen LogP contribution is 2.34. The minimum absolute atomic E-state index is 0.102. The van der Waals surface area contributed by atoms with E-state index in [2.05, 4.69) is 4.99 Å². The molecule has 5 heteroatoms. The van der Waals surface area contributed by atoms with Crippen LogP contribution < -0.4 is 0 Å². The standard InChI is InChI=1S/C15H11ClF3N/c1-10-4-2-3-5-11(10)9-20-14-8-12(15(17,18)19)6-7-13(14)16/h2-9H,1H3. The number of alkyl halides is 3. The van der Waals surface area contributed by atoms with Gasteiger partial charge in [-0.15, -0.1) is 0 Å². The number of aryl methyl sites for hydroxylation is 1. The summed E-state index contributed by atoms with van der Waals surface area (Å²) in [5.74, 6) is 0. The largest absolute Gasteiger partial charge is 0.416 e. The molecule has 0 atom stereocenters. The van der Waals surface area contributed by atoms with Crippen molar-refractivity contribution in [3.8, 4) is 0 Å². The second kappa shape index (κ2) is 5.67. The monoisotopic (exact) mass is 297 g/mol. The smallest absolute Gasteiger partial charge is 0.255 e. The summed E-state index contributed by atoms with van der Waals surface area (Å²) in [5.41, 5.74) is 1.16. The van der Waals surface area contributed by atoms with Crippen LogP contribution in [0, 0.1) is 6.92 Å². The molecule has 0 bridgehead atoms. The van der Waals surface area contributed by atoms with Crippen molar-refractivity contribution in [2.24, 2.45) is 4.99 Å². The van der Waals surface area contributed by atoms with Crippen LogP contribution in [0.4, 0.5) is 18.9 Å². The summed E-state index contributed by atoms with van der Waals surface area (Å²) in [6, 6.07) is 10.5. The van der Waals surface area contributed by atoms with Crippen molar-refractivity contribution in [3.05, 3.63) is 64.2 Å². The predicted octanol–water partition coefficient (Wildman–Crippen LogP) is 5.42. The summed E-state index contributed by atoms with van der Waals surface area (Å²) < 4.78 is 37.9. The van der Waals surface area contributed by atoms with Gasteiger partial charge in [0, 0.05) is 6.21 Å². The zero-order valence-corrected chi connectivity index (χ0v) is 11.3. The van der Waals surface area contributed by atoms with Gasteiger partial charge < -0.3 is 0 Å². The predicted molar refractivity (Wildman–Crippen MR) is 74.9 cm³/mol. The van der Waals surface area contributed by atoms with Crippen LogP contribution in [-0.2, 0) is 6.18 Å². The normalized spacial score (nSPS) is 12.1. The fourth-order valence-electron chi connectivity index (χ4n) is 1.66. The van der Waals surface area contributed by atoms with E-state index in [0.29, 0.717) is 0 Å². The van der Waals surface area contributed by atoms with Gasteiger partial charge in [0.25, 0.3) is 0 Å². The Hall–Kier alpha value is -1.81. The van der Waals surface area contributed by atoms with E-state index in [0.717, 1.165) is 23.3 Å². The highest BCUT2D eigenvalue weighted by atomic mass is 35.5. The van der Waals surface area contributed by atoms with E-state index in [1.807, 2.05) is 31.2 Å². The van der Waals surface area contributed by atoms with Crippen molar-refractivity contribution in [2.45, 2.75) is 13.1 Å². The van der Waals surface area contributed by atoms with Crippen molar-refractivity contribution >= 4 is 23.5 Å². The van der Waals surface area contributed by atoms with E-state index in [4.69, 9.17) is 11.6 Å². The third-order valence-corrected chi connectivity index (χ3v) is 3.12. The Labute approximate surface area is 119 Å². The molecular weight excluding hydrogens is 287 g/mol. The van der Waals surface area contributed by atoms with Gasteiger partial charge in [-0.3, -0.25) is 4.99 Å². The van der Waals surface area contributed by atoms with Crippen LogP contribution in [0.2, 0.25) is 5.02 Å². The van der Waals surface area contributed by atoms with Gasteiger partial charge in [0.15, 0.2) is 0 Å². The summed E-state index contributed by atoms with van der Waals surface area (Å²) in [7, 11) is 0. The van der Waals surface area contributed by atoms with Gasteiger partial charge in [-0.05, 0) is 36.2 Å². The van der Waals surface area contributed by atoms with Crippen LogP contribution in [0.15, 0.2) is 47.5 Å². The molecule has 2 aromatic rings. The molecule has 2 aromatic carbocycles. The Morgan fingerprint density at radius 2 is 1.80 bits per heavy atom. The van der Waals surface area contributed by atoms with Crippen molar-refractivity contribution in [1.29, 1.82) is 0 Å². The maximum absolute atomic E-state index is 12.6. The van der Waals surface area contributed by atoms with Crippen molar-refractivity contribution in [2.75, 3.05) is 0 Å². The number of aliphatic imine (C=N–C) groups is 1. The van der Waals surface area contributed by atoms with Crippen molar-refractivity contribution < 1.29 is 13.2 Å². The molecule has 0 aliphatic carbocycles. The number of benzene rings is 2. The van der Waals surface area contributed by atoms with Crippen molar-refractivity contribution in [3.63, 3.8) is 0 Å². The molecule has 0 saturated heterocycles. The second-order valence-corrected chi connectivity index (χ2v) is 4.69. The maximum Gasteiger partial charge on any atom is 0.416 e. The molecule has 0 amide bonds. The molecule has 0 radical (unpaired) electrons. The molecule has 0 heterocycles. The van der Waals surface area contributed by atoms with E-state index in [1.165, 1.54) is 12.3 Å². The fraction of sp³-hybridized carbons (Fsp3) is 0.133. The zero-order valence-electron chi connectivity index (χ0n) is 10.6. The average Bonchev–Trinajstić information content (AvgIpc) is 2.38. The first-order valence-electron chi connectivity index (χ1n) is 5.84. The summed E-state index contributed by atoms with van der Waals surface area (Å²) in [4.78, 5) is 4.05. The maximum atomic E-state index is 12.6. The Morgan fingerprint density at radius 1 is 1.10 bits per heavy atom. The highest BCUT2D eigenvalue weighted by Gasteiger charge is 2.30. The first-order chi connectivity index (χ1) is 9.38. The third kappa shape index (κ3) is 3.39. The van der Waals surface area contributed by atoms with Gasteiger partial charge in [-0.1, -0.05) is 35.9 Å². The summed E-state index contributed by atoms with van der Waals surface area (Å²) in [5, 5.41) is 0.183. The minimum atomic E-state index is -4.41. The van der Waals surface area contributed by atoms with Crippen LogP contribution in [0.25, 0.3) is 0 Å². The summed E-state index contributed by atoms with van der Waals surface area (Å²) >= 11 is 5.87. The van der Waals surface area contributed by atoms with Gasteiger partial charge in [0.05, 0.1) is 16.3 Å². The fourth-order valence-corrected chi connectivity index (χ4v) is 1.82. The van der Waals surface area contributed by atoms with Crippen LogP contribution in [-0.4, -0.2) is 6.21 Å². The van der Waals surface area contributed by atoms with Crippen LogP contribution >= 0.6 is 11.6 Å². The van der Waals surface area contributed by atoms with Crippen molar-refractivity contribution in [1.82, 2.24) is 0 Å². The van der Waals surface area contributed by atoms with Gasteiger partial charge >= 0.3 is 6.18 Å². The van der Waals surface area contributed by atoms with E-state index in [1.54, 1.807) is 0 Å². The molecule has 1 nitrogen and oxygen atoms in total. The van der Waals surface area contributed by atoms with Gasteiger partial charge in [-0.25, -0.2) is 0 Å². The second-order valence-electron chi connectivity index (χ2n) is 4.28. The molecule has 0 unspecified atom stereocenters. The molecule has 104 valence electrons. The lowest BCUT2D eigenvalue weighted by atomic mass is 10.1. The molecule has 0 saturated carbocycles. The van der Waals surface area contributed by atoms with E-state index in [-0.39, 0.29) is 10.7 Å². The Balaban J connectivity index is 2.36. The van der Waals surface area contributed by atoms with E-state index >= 15 is 0 Å². The molecular formula is C15H11ClF3N. The molecule has 20 heavy (non-hydrogen) atoms. The lowest BCUT2D eigenvalue weighted by Crippen LogP contribution is -2.04. The van der Waals surface area contributed by atoms with E-state index in [9.17, 15) is 13.2 Å². The number of rotatable bonds is 2. The first-order valence-corrected chi connectivity index (χ1v) is 6.22. The minimum Gasteiger partial charge on any atom is -0.255 e. The zero-order chi connectivity index (χ0) is 14.8. The molecule has 0 aliphatic rings. The summed E-state index contributed by atoms with van der Waals surface area (Å²) in [6.07, 6.45) is -2.89.